The molecule has 3 saturated heterocycles. The minimum Gasteiger partial charge on any atom is -0.457 e. The van der Waals surface area contributed by atoms with Crippen LogP contribution in [0.3, 0.4) is 0 Å². The summed E-state index contributed by atoms with van der Waals surface area (Å²) in [6, 6.07) is 89.2. The maximum absolute atomic E-state index is 9.80. The average Bonchev–Trinajstić information content (AvgIpc) is 1.48. The number of ether oxygens (including phenoxy) is 2. The number of nitriles is 2. The summed E-state index contributed by atoms with van der Waals surface area (Å²) in [6.07, 6.45) is 0. The molecule has 0 bridgehead atoms. The van der Waals surface area contributed by atoms with Gasteiger partial charge in [-0.2, -0.15) is 10.5 Å². The monoisotopic (exact) mass is 1380 g/mol. The number of fused-ring (bicyclic) bond motifs is 20. The van der Waals surface area contributed by atoms with Crippen LogP contribution in [0.5, 0.6) is 23.0 Å². The molecule has 14 heteroatoms. The molecule has 2 aliphatic carbocycles. The van der Waals surface area contributed by atoms with Gasteiger partial charge in [-0.25, -0.2) is 0 Å². The van der Waals surface area contributed by atoms with E-state index in [0.29, 0.717) is 16.1 Å². The largest absolute Gasteiger partial charge is 0.494 e. The Morgan fingerprint density at radius 2 is 0.596 bits per heavy atom. The van der Waals surface area contributed by atoms with Crippen molar-refractivity contribution in [3.8, 4) is 79.6 Å². The van der Waals surface area contributed by atoms with Crippen molar-refractivity contribution in [1.82, 2.24) is 0 Å². The van der Waals surface area contributed by atoms with E-state index in [-0.39, 0.29) is 22.4 Å². The van der Waals surface area contributed by atoms with Crippen LogP contribution in [0.1, 0.15) is 139 Å². The van der Waals surface area contributed by atoms with Crippen LogP contribution in [0.15, 0.2) is 243 Å². The van der Waals surface area contributed by atoms with E-state index in [4.69, 9.17) is 49.0 Å². The summed E-state index contributed by atoms with van der Waals surface area (Å²) in [7, 11) is -1.46. The molecule has 0 atom stereocenters. The minimum atomic E-state index is -0.574. The molecule has 5 aliphatic heterocycles. The summed E-state index contributed by atoms with van der Waals surface area (Å²) in [5.74, 6) is 3.17. The first-order valence-electron chi connectivity index (χ1n) is 35.7. The number of nitrogens with zero attached hydrogens (tertiary/aromatic N) is 2. The molecule has 12 aromatic carbocycles. The van der Waals surface area contributed by atoms with Gasteiger partial charge in [0.2, 0.25) is 0 Å². The molecule has 0 saturated carbocycles. The molecule has 10 nitrogen and oxygen atoms in total. The van der Waals surface area contributed by atoms with Crippen LogP contribution in [0.2, 0.25) is 5.02 Å². The molecule has 3 fully saturated rings. The van der Waals surface area contributed by atoms with E-state index < -0.39 is 43.2 Å². The fourth-order valence-electron chi connectivity index (χ4n) is 16.6. The number of rotatable bonds is 4. The summed E-state index contributed by atoms with van der Waals surface area (Å²) in [5.41, 5.74) is 17.3. The van der Waals surface area contributed by atoms with Crippen molar-refractivity contribution in [1.29, 1.82) is 10.5 Å². The van der Waals surface area contributed by atoms with Gasteiger partial charge in [0.25, 0.3) is 0 Å². The van der Waals surface area contributed by atoms with Gasteiger partial charge in [-0.05, 0) is 209 Å². The van der Waals surface area contributed by atoms with Crippen molar-refractivity contribution in [2.75, 3.05) is 0 Å². The van der Waals surface area contributed by atoms with Gasteiger partial charge < -0.3 is 37.4 Å². The molecular weight excluding hydrogens is 1300 g/mol. The van der Waals surface area contributed by atoms with E-state index in [1.807, 2.05) is 128 Å². The lowest BCUT2D eigenvalue weighted by Crippen LogP contribution is -2.41. The molecule has 0 N–H and O–H groups in total. The Kier molecular flexibility index (Phi) is 15.5. The van der Waals surface area contributed by atoms with Crippen LogP contribution in [-0.4, -0.2) is 54.7 Å². The van der Waals surface area contributed by atoms with Gasteiger partial charge in [0.15, 0.2) is 0 Å². The Hall–Kier alpha value is -10.0. The highest BCUT2D eigenvalue weighted by atomic mass is 35.5. The number of halogens is 1. The number of benzene rings is 12. The zero-order valence-corrected chi connectivity index (χ0v) is 61.1. The SMILES string of the molecule is CC1(C)OB(B2OC(C)(C)C(C)(C)O2)OC1(C)C.CC1(C)OB(c2ccc3c(c2)Oc2cc(-c4ccc(C#N)c5ccccc45)ccc2C32c3ccccc3-c3ccccc32)OC1(C)C.N#Cc1ccc(-c2ccc3c(c2)Oc2cc(Cl)ccc2C32c3ccccc3-c3ccccc32)c2ccccc12. The quantitative estimate of drug-likeness (QED) is 0.157. The Labute approximate surface area is 614 Å². The van der Waals surface area contributed by atoms with Crippen LogP contribution in [0.25, 0.3) is 66.1 Å². The van der Waals surface area contributed by atoms with Crippen LogP contribution in [-0.2, 0) is 38.8 Å². The molecule has 510 valence electrons. The molecule has 2 spiro atoms. The second-order valence-electron chi connectivity index (χ2n) is 31.2. The molecule has 5 heterocycles. The van der Waals surface area contributed by atoms with Crippen molar-refractivity contribution < 1.29 is 37.4 Å². The highest BCUT2D eigenvalue weighted by Gasteiger charge is 2.64. The van der Waals surface area contributed by atoms with Gasteiger partial charge in [-0.3, -0.25) is 0 Å². The van der Waals surface area contributed by atoms with Gasteiger partial charge in [-0.15, -0.1) is 0 Å². The van der Waals surface area contributed by atoms with E-state index >= 15 is 0 Å². The van der Waals surface area contributed by atoms with Crippen LogP contribution in [0, 0.1) is 22.7 Å². The van der Waals surface area contributed by atoms with Crippen molar-refractivity contribution in [2.24, 2.45) is 0 Å². The van der Waals surface area contributed by atoms with Crippen molar-refractivity contribution >= 4 is 59.7 Å². The molecule has 12 aromatic rings. The summed E-state index contributed by atoms with van der Waals surface area (Å²) >= 11 is 6.51. The van der Waals surface area contributed by atoms with E-state index in [2.05, 4.69) is 210 Å². The Balaban J connectivity index is 0.000000126. The van der Waals surface area contributed by atoms with Gasteiger partial charge in [0.05, 0.1) is 67.7 Å². The first-order chi connectivity index (χ1) is 49.8. The van der Waals surface area contributed by atoms with Gasteiger partial charge >= 0.3 is 21.1 Å². The van der Waals surface area contributed by atoms with E-state index in [0.717, 1.165) is 94.5 Å². The lowest BCUT2D eigenvalue weighted by atomic mass is 9.49. The average molecular weight is 1380 g/mol. The molecule has 7 aliphatic rings. The summed E-state index contributed by atoms with van der Waals surface area (Å²) in [5, 5.41) is 24.1. The van der Waals surface area contributed by atoms with E-state index in [9.17, 15) is 10.5 Å². The van der Waals surface area contributed by atoms with Crippen molar-refractivity contribution in [3.05, 3.63) is 303 Å². The standard InChI is InChI=1S/C42H32BNO3.C36H20ClNO.C12H24B2O4/c1-40(2)41(3,4)47-43(46-40)28-19-22-37-39(24-28)45-38-23-26(30-20-17-27(25-44)29-11-5-6-12-31(29)30)18-21-36(38)42(37)34-15-9-7-13-32(34)33-14-8-10-16-35(33)42;37-24-15-18-33-35(20-24)39-34-19-22(26-16-13-23(21-38)25-7-1-2-8-27(25)26)14-17-32(34)36(33)30-11-5-3-9-28(30)29-10-4-6-12-31(29)36;1-9(2)10(3,4)16-13(15-9)14-17-11(5,6)12(7,8)18-14/h5-24H,1-4H3;1-20H;1-8H3. The molecule has 0 radical (unpaired) electrons. The fraction of sp³-hybridized carbons (Fsp3) is 0.222. The topological polar surface area (TPSA) is 121 Å². The maximum atomic E-state index is 9.80. The molecule has 0 aromatic heterocycles. The number of hydrogen-bond acceptors (Lipinski definition) is 10. The second-order valence-corrected chi connectivity index (χ2v) is 31.6. The first-order valence-corrected chi connectivity index (χ1v) is 36.1. The fourth-order valence-corrected chi connectivity index (χ4v) is 16.7. The molecule has 104 heavy (non-hydrogen) atoms. The lowest BCUT2D eigenvalue weighted by molar-refractivity contribution is 0.00578. The molecular formula is C90H76B3ClN2O8. The Bertz CT molecular complexity index is 5500. The highest BCUT2D eigenvalue weighted by molar-refractivity contribution is 7.11. The zero-order valence-electron chi connectivity index (χ0n) is 60.4. The van der Waals surface area contributed by atoms with Gasteiger partial charge in [0, 0.05) is 38.0 Å². The second kappa shape index (κ2) is 24.0. The smallest absolute Gasteiger partial charge is 0.457 e. The first kappa shape index (κ1) is 67.2. The predicted octanol–water partition coefficient (Wildman–Crippen LogP) is 20.9. The summed E-state index contributed by atoms with van der Waals surface area (Å²) in [6.45, 7) is 24.5. The molecule has 0 unspecified atom stereocenters. The lowest BCUT2D eigenvalue weighted by Gasteiger charge is -2.39. The van der Waals surface area contributed by atoms with Crippen LogP contribution in [0.4, 0.5) is 0 Å². The molecule has 0 amide bonds. The zero-order chi connectivity index (χ0) is 72.3. The Morgan fingerprint density at radius 3 is 0.971 bits per heavy atom. The third-order valence-corrected chi connectivity index (χ3v) is 24.1. The maximum Gasteiger partial charge on any atom is 0.494 e. The highest BCUT2D eigenvalue weighted by Crippen LogP contribution is 2.65. The van der Waals surface area contributed by atoms with Gasteiger partial charge in [-0.1, -0.05) is 212 Å². The van der Waals surface area contributed by atoms with Gasteiger partial charge in [0.1, 0.15) is 23.0 Å². The number of hydrogen-bond donors (Lipinski definition) is 0. The summed E-state index contributed by atoms with van der Waals surface area (Å²) < 4.78 is 50.4. The third-order valence-electron chi connectivity index (χ3n) is 23.9. The van der Waals surface area contributed by atoms with Crippen LogP contribution < -0.4 is 14.9 Å². The molecule has 19 rings (SSSR count). The van der Waals surface area contributed by atoms with Crippen molar-refractivity contribution in [3.63, 3.8) is 0 Å². The summed E-state index contributed by atoms with van der Waals surface area (Å²) in [4.78, 5) is 0. The Morgan fingerprint density at radius 1 is 0.288 bits per heavy atom. The van der Waals surface area contributed by atoms with Crippen LogP contribution >= 0.6 is 11.6 Å². The van der Waals surface area contributed by atoms with E-state index in [1.54, 1.807) is 0 Å². The minimum absolute atomic E-state index is 0.360. The normalized spacial score (nSPS) is 18.5. The van der Waals surface area contributed by atoms with E-state index in [1.165, 1.54) is 44.5 Å². The van der Waals surface area contributed by atoms with Crippen molar-refractivity contribution in [2.45, 2.75) is 128 Å². The predicted molar refractivity (Wildman–Crippen MR) is 416 cm³/mol. The third kappa shape index (κ3) is 10.1.